The normalized spacial score (nSPS) is 11.9. The third kappa shape index (κ3) is 3.75. The van der Waals surface area contributed by atoms with E-state index in [-0.39, 0.29) is 0 Å². The third-order valence-electron chi connectivity index (χ3n) is 4.94. The molecule has 3 rings (SSSR count). The monoisotopic (exact) mass is 360 g/mol. The minimum atomic E-state index is 0.394. The van der Waals surface area contributed by atoms with Crippen LogP contribution in [0.3, 0.4) is 0 Å². The van der Waals surface area contributed by atoms with Gasteiger partial charge in [0.1, 0.15) is 5.82 Å². The first-order valence-corrected chi connectivity index (χ1v) is 9.31. The second-order valence-electron chi connectivity index (χ2n) is 7.23. The van der Waals surface area contributed by atoms with Crippen LogP contribution in [0, 0.1) is 13.8 Å². The number of aromatic nitrogens is 2. The van der Waals surface area contributed by atoms with Crippen molar-refractivity contribution in [3.63, 3.8) is 0 Å². The molecule has 0 spiro atoms. The Kier molecular flexibility index (Phi) is 5.36. The molecule has 4 heteroatoms. The topological polar surface area (TPSA) is 66.7 Å². The number of nitrogens with one attached hydrogen (secondary N) is 2. The highest BCUT2D eigenvalue weighted by Gasteiger charge is 2.11. The van der Waals surface area contributed by atoms with Gasteiger partial charge in [-0.3, -0.25) is 0 Å². The molecule has 0 unspecified atom stereocenters. The van der Waals surface area contributed by atoms with Crippen LogP contribution in [-0.2, 0) is 0 Å². The summed E-state index contributed by atoms with van der Waals surface area (Å²) in [4.78, 5) is 7.91. The highest BCUT2D eigenvalue weighted by molar-refractivity contribution is 5.76. The molecule has 0 saturated heterocycles. The molecule has 1 heterocycles. The first-order valence-electron chi connectivity index (χ1n) is 9.31. The molecule has 0 aliphatic carbocycles. The fourth-order valence-electron chi connectivity index (χ4n) is 3.37. The zero-order valence-electron chi connectivity index (χ0n) is 16.7. The van der Waals surface area contributed by atoms with Gasteiger partial charge >= 0.3 is 0 Å². The van der Waals surface area contributed by atoms with Gasteiger partial charge in [0.2, 0.25) is 0 Å². The van der Waals surface area contributed by atoms with Gasteiger partial charge in [0.05, 0.1) is 17.6 Å². The quantitative estimate of drug-likeness (QED) is 0.602. The van der Waals surface area contributed by atoms with Crippen LogP contribution in [0.25, 0.3) is 28.1 Å². The fourth-order valence-corrected chi connectivity index (χ4v) is 3.37. The van der Waals surface area contributed by atoms with E-state index in [0.717, 1.165) is 28.3 Å². The average Bonchev–Trinajstić information content (AvgIpc) is 3.14. The van der Waals surface area contributed by atoms with Crippen molar-refractivity contribution in [1.82, 2.24) is 15.3 Å². The smallest absolute Gasteiger partial charge is 0.109 e. The van der Waals surface area contributed by atoms with Crippen LogP contribution in [0.2, 0.25) is 0 Å². The molecule has 4 N–H and O–H groups in total. The van der Waals surface area contributed by atoms with Crippen LogP contribution in [0.15, 0.2) is 48.8 Å². The first kappa shape index (κ1) is 18.8. The second kappa shape index (κ2) is 7.70. The van der Waals surface area contributed by atoms with Crippen LogP contribution in [-0.4, -0.2) is 17.0 Å². The number of hydrogen-bond acceptors (Lipinski definition) is 3. The molecule has 0 fully saturated rings. The summed E-state index contributed by atoms with van der Waals surface area (Å²) in [5.41, 5.74) is 14.9. The molecule has 2 aromatic carbocycles. The number of aromatic amines is 1. The van der Waals surface area contributed by atoms with Gasteiger partial charge in [-0.2, -0.15) is 0 Å². The van der Waals surface area contributed by atoms with E-state index in [1.165, 1.54) is 22.3 Å². The standard InChI is InChI=1S/C23H28N4/c1-14(2)23-26-13-22(27-23)18-7-9-20(16(4)11-18)19-8-6-17(10-15(19)3)21(12-24)25-5/h6-14,25H,24H2,1-5H3,(H,26,27)/b21-12-. The molecule has 0 saturated carbocycles. The van der Waals surface area contributed by atoms with Gasteiger partial charge in [-0.25, -0.2) is 4.98 Å². The van der Waals surface area contributed by atoms with E-state index < -0.39 is 0 Å². The van der Waals surface area contributed by atoms with Crippen molar-refractivity contribution in [3.8, 4) is 22.4 Å². The molecule has 140 valence electrons. The van der Waals surface area contributed by atoms with Crippen molar-refractivity contribution >= 4 is 5.70 Å². The summed E-state index contributed by atoms with van der Waals surface area (Å²) in [6.07, 6.45) is 3.52. The van der Waals surface area contributed by atoms with Gasteiger partial charge in [-0.05, 0) is 59.4 Å². The molecule has 0 aliphatic heterocycles. The third-order valence-corrected chi connectivity index (χ3v) is 4.94. The van der Waals surface area contributed by atoms with E-state index in [1.807, 2.05) is 13.2 Å². The zero-order valence-corrected chi connectivity index (χ0v) is 16.7. The summed E-state index contributed by atoms with van der Waals surface area (Å²) in [5, 5.41) is 3.13. The number of hydrogen-bond donors (Lipinski definition) is 3. The number of rotatable bonds is 5. The Hall–Kier alpha value is -3.01. The molecule has 0 atom stereocenters. The second-order valence-corrected chi connectivity index (χ2v) is 7.23. The Labute approximate surface area is 161 Å². The number of aryl methyl sites for hydroxylation is 2. The fraction of sp³-hybridized carbons (Fsp3) is 0.261. The minimum Gasteiger partial charge on any atom is -0.403 e. The molecule has 27 heavy (non-hydrogen) atoms. The lowest BCUT2D eigenvalue weighted by Gasteiger charge is -2.14. The Morgan fingerprint density at radius 1 is 1.07 bits per heavy atom. The Morgan fingerprint density at radius 3 is 2.26 bits per heavy atom. The number of nitrogens with two attached hydrogens (primary N) is 1. The number of nitrogens with zero attached hydrogens (tertiary/aromatic N) is 1. The molecule has 0 amide bonds. The van der Waals surface area contributed by atoms with Crippen LogP contribution in [0.4, 0.5) is 0 Å². The Bertz CT molecular complexity index is 980. The lowest BCUT2D eigenvalue weighted by atomic mass is 9.93. The highest BCUT2D eigenvalue weighted by atomic mass is 14.9. The van der Waals surface area contributed by atoms with Gasteiger partial charge in [-0.15, -0.1) is 0 Å². The summed E-state index contributed by atoms with van der Waals surface area (Å²) in [5.74, 6) is 1.41. The molecular formula is C23H28N4. The van der Waals surface area contributed by atoms with Gasteiger partial charge in [0.25, 0.3) is 0 Å². The zero-order chi connectivity index (χ0) is 19.6. The van der Waals surface area contributed by atoms with Crippen LogP contribution < -0.4 is 11.1 Å². The minimum absolute atomic E-state index is 0.394. The molecule has 0 bridgehead atoms. The molecule has 3 aromatic rings. The SMILES string of the molecule is CN/C(=C\N)c1ccc(-c2ccc(-c3cnc(C(C)C)[nH]3)cc2C)c(C)c1. The van der Waals surface area contributed by atoms with E-state index in [4.69, 9.17) is 5.73 Å². The molecule has 1 aromatic heterocycles. The maximum absolute atomic E-state index is 5.70. The van der Waals surface area contributed by atoms with Crippen molar-refractivity contribution < 1.29 is 0 Å². The summed E-state index contributed by atoms with van der Waals surface area (Å²) in [6.45, 7) is 8.58. The van der Waals surface area contributed by atoms with Gasteiger partial charge in [0, 0.05) is 19.2 Å². The number of benzene rings is 2. The van der Waals surface area contributed by atoms with E-state index >= 15 is 0 Å². The van der Waals surface area contributed by atoms with Crippen molar-refractivity contribution in [2.24, 2.45) is 5.73 Å². The summed E-state index contributed by atoms with van der Waals surface area (Å²) in [7, 11) is 1.88. The number of imidazole rings is 1. The average molecular weight is 361 g/mol. The van der Waals surface area contributed by atoms with E-state index in [9.17, 15) is 0 Å². The first-order chi connectivity index (χ1) is 12.9. The van der Waals surface area contributed by atoms with Crippen molar-refractivity contribution in [3.05, 3.63) is 71.3 Å². The van der Waals surface area contributed by atoms with Crippen LogP contribution >= 0.6 is 0 Å². The maximum Gasteiger partial charge on any atom is 0.109 e. The summed E-state index contributed by atoms with van der Waals surface area (Å²) in [6, 6.07) is 13.0. The van der Waals surface area contributed by atoms with Crippen LogP contribution in [0.5, 0.6) is 0 Å². The Balaban J connectivity index is 1.96. The van der Waals surface area contributed by atoms with Crippen molar-refractivity contribution in [1.29, 1.82) is 0 Å². The maximum atomic E-state index is 5.70. The highest BCUT2D eigenvalue weighted by Crippen LogP contribution is 2.31. The summed E-state index contributed by atoms with van der Waals surface area (Å²) >= 11 is 0. The van der Waals surface area contributed by atoms with Crippen molar-refractivity contribution in [2.45, 2.75) is 33.6 Å². The van der Waals surface area contributed by atoms with Gasteiger partial charge in [-0.1, -0.05) is 38.1 Å². The molecule has 0 aliphatic rings. The van der Waals surface area contributed by atoms with E-state index in [2.05, 4.69) is 79.4 Å². The lowest BCUT2D eigenvalue weighted by molar-refractivity contribution is 0.795. The van der Waals surface area contributed by atoms with Gasteiger partial charge < -0.3 is 16.0 Å². The predicted molar refractivity (Wildman–Crippen MR) is 114 cm³/mol. The molecule has 0 radical (unpaired) electrons. The largest absolute Gasteiger partial charge is 0.403 e. The lowest BCUT2D eigenvalue weighted by Crippen LogP contribution is -2.07. The predicted octanol–water partition coefficient (Wildman–Crippen LogP) is 4.96. The Morgan fingerprint density at radius 2 is 1.74 bits per heavy atom. The molecular weight excluding hydrogens is 332 g/mol. The number of H-pyrrole nitrogens is 1. The van der Waals surface area contributed by atoms with E-state index in [1.54, 1.807) is 6.20 Å². The summed E-state index contributed by atoms with van der Waals surface area (Å²) < 4.78 is 0. The molecule has 4 nitrogen and oxygen atoms in total. The van der Waals surface area contributed by atoms with Crippen molar-refractivity contribution in [2.75, 3.05) is 7.05 Å². The van der Waals surface area contributed by atoms with Crippen LogP contribution in [0.1, 0.15) is 42.3 Å². The van der Waals surface area contributed by atoms with Gasteiger partial charge in [0.15, 0.2) is 0 Å². The van der Waals surface area contributed by atoms with E-state index in [0.29, 0.717) is 5.92 Å².